The summed E-state index contributed by atoms with van der Waals surface area (Å²) in [4.78, 5) is 14.2. The van der Waals surface area contributed by atoms with E-state index < -0.39 is 5.60 Å². The summed E-state index contributed by atoms with van der Waals surface area (Å²) in [5.74, 6) is 1.57. The molecule has 0 spiro atoms. The van der Waals surface area contributed by atoms with Crippen LogP contribution in [0.5, 0.6) is 11.5 Å². The van der Waals surface area contributed by atoms with Gasteiger partial charge in [0.2, 0.25) is 6.79 Å². The molecule has 0 aromatic heterocycles. The van der Waals surface area contributed by atoms with Crippen molar-refractivity contribution in [3.8, 4) is 11.5 Å². The molecule has 1 aromatic carbocycles. The van der Waals surface area contributed by atoms with E-state index in [1.54, 1.807) is 0 Å². The van der Waals surface area contributed by atoms with E-state index in [2.05, 4.69) is 10.2 Å². The Bertz CT molecular complexity index is 582. The number of benzene rings is 1. The van der Waals surface area contributed by atoms with Gasteiger partial charge in [-0.1, -0.05) is 0 Å². The van der Waals surface area contributed by atoms with Crippen LogP contribution in [0, 0.1) is 0 Å². The van der Waals surface area contributed by atoms with E-state index in [9.17, 15) is 4.79 Å². The molecule has 1 fully saturated rings. The summed E-state index contributed by atoms with van der Waals surface area (Å²) in [6, 6.07) is 6.05. The maximum Gasteiger partial charge on any atom is 0.407 e. The summed E-state index contributed by atoms with van der Waals surface area (Å²) >= 11 is 0. The van der Waals surface area contributed by atoms with E-state index in [-0.39, 0.29) is 18.9 Å². The van der Waals surface area contributed by atoms with Crippen LogP contribution in [-0.4, -0.2) is 37.6 Å². The van der Waals surface area contributed by atoms with Crippen LogP contribution in [0.2, 0.25) is 0 Å². The Labute approximate surface area is 136 Å². The van der Waals surface area contributed by atoms with Crippen molar-refractivity contribution in [1.29, 1.82) is 0 Å². The molecule has 1 aromatic rings. The van der Waals surface area contributed by atoms with Gasteiger partial charge in [0, 0.05) is 30.9 Å². The molecule has 6 nitrogen and oxygen atoms in total. The van der Waals surface area contributed by atoms with Crippen molar-refractivity contribution in [2.45, 2.75) is 45.3 Å². The molecule has 2 aliphatic heterocycles. The van der Waals surface area contributed by atoms with E-state index in [4.69, 9.17) is 14.2 Å². The third-order valence-electron chi connectivity index (χ3n) is 3.86. The highest BCUT2D eigenvalue weighted by molar-refractivity contribution is 5.68. The average molecular weight is 320 g/mol. The van der Waals surface area contributed by atoms with Crippen molar-refractivity contribution < 1.29 is 19.0 Å². The highest BCUT2D eigenvalue weighted by Gasteiger charge is 2.25. The van der Waals surface area contributed by atoms with Crippen LogP contribution < -0.4 is 19.7 Å². The highest BCUT2D eigenvalue weighted by Crippen LogP contribution is 2.36. The van der Waals surface area contributed by atoms with Gasteiger partial charge in [-0.2, -0.15) is 0 Å². The fourth-order valence-corrected chi connectivity index (χ4v) is 2.89. The van der Waals surface area contributed by atoms with Crippen LogP contribution in [0.3, 0.4) is 0 Å². The molecule has 1 amide bonds. The van der Waals surface area contributed by atoms with Crippen LogP contribution in [0.25, 0.3) is 0 Å². The molecule has 1 saturated heterocycles. The highest BCUT2D eigenvalue weighted by atomic mass is 16.7. The minimum absolute atomic E-state index is 0.0871. The first-order chi connectivity index (χ1) is 10.9. The number of amides is 1. The van der Waals surface area contributed by atoms with Crippen LogP contribution >= 0.6 is 0 Å². The zero-order chi connectivity index (χ0) is 16.4. The second kappa shape index (κ2) is 6.18. The van der Waals surface area contributed by atoms with Crippen LogP contribution in [-0.2, 0) is 4.74 Å². The molecule has 1 atom stereocenters. The predicted octanol–water partition coefficient (Wildman–Crippen LogP) is 2.91. The summed E-state index contributed by atoms with van der Waals surface area (Å²) in [5.41, 5.74) is 0.611. The SMILES string of the molecule is CC(C)(C)OC(=O)NC1CCCN(c2ccc3c(c2)OCO3)C1. The van der Waals surface area contributed by atoms with Crippen molar-refractivity contribution in [1.82, 2.24) is 5.32 Å². The minimum Gasteiger partial charge on any atom is -0.454 e. The number of rotatable bonds is 2. The van der Waals surface area contributed by atoms with Gasteiger partial charge >= 0.3 is 6.09 Å². The third kappa shape index (κ3) is 4.00. The lowest BCUT2D eigenvalue weighted by Gasteiger charge is -2.35. The number of nitrogens with one attached hydrogen (secondary N) is 1. The number of nitrogens with zero attached hydrogens (tertiary/aromatic N) is 1. The summed E-state index contributed by atoms with van der Waals surface area (Å²) in [5, 5.41) is 2.97. The monoisotopic (exact) mass is 320 g/mol. The van der Waals surface area contributed by atoms with Gasteiger partial charge in [0.05, 0.1) is 0 Å². The zero-order valence-electron chi connectivity index (χ0n) is 13.9. The molecule has 0 aliphatic carbocycles. The van der Waals surface area contributed by atoms with E-state index in [0.717, 1.165) is 43.1 Å². The molecule has 1 unspecified atom stereocenters. The Morgan fingerprint density at radius 2 is 2.09 bits per heavy atom. The van der Waals surface area contributed by atoms with Gasteiger partial charge in [0.15, 0.2) is 11.5 Å². The Morgan fingerprint density at radius 1 is 1.30 bits per heavy atom. The molecule has 1 N–H and O–H groups in total. The maximum atomic E-state index is 11.9. The smallest absolute Gasteiger partial charge is 0.407 e. The lowest BCUT2D eigenvalue weighted by atomic mass is 10.0. The van der Waals surface area contributed by atoms with Crippen LogP contribution in [0.1, 0.15) is 33.6 Å². The molecule has 126 valence electrons. The molecule has 6 heteroatoms. The average Bonchev–Trinajstić information content (AvgIpc) is 2.92. The third-order valence-corrected chi connectivity index (χ3v) is 3.86. The maximum absolute atomic E-state index is 11.9. The first kappa shape index (κ1) is 15.8. The van der Waals surface area contributed by atoms with Crippen molar-refractivity contribution in [2.75, 3.05) is 24.8 Å². The number of alkyl carbamates (subject to hydrolysis) is 1. The normalized spacial score (nSPS) is 20.3. The van der Waals surface area contributed by atoms with Gasteiger partial charge in [-0.15, -0.1) is 0 Å². The molecule has 23 heavy (non-hydrogen) atoms. The summed E-state index contributed by atoms with van der Waals surface area (Å²) < 4.78 is 16.1. The molecular weight excluding hydrogens is 296 g/mol. The molecule has 2 aliphatic rings. The number of carbonyl (C=O) groups is 1. The lowest BCUT2D eigenvalue weighted by molar-refractivity contribution is 0.0500. The van der Waals surface area contributed by atoms with Gasteiger partial charge < -0.3 is 24.4 Å². The molecular formula is C17H24N2O4. The largest absolute Gasteiger partial charge is 0.454 e. The fraction of sp³-hybridized carbons (Fsp3) is 0.588. The van der Waals surface area contributed by atoms with E-state index >= 15 is 0 Å². The molecule has 3 rings (SSSR count). The summed E-state index contributed by atoms with van der Waals surface area (Å²) in [6.45, 7) is 7.61. The number of fused-ring (bicyclic) bond motifs is 1. The van der Waals surface area contributed by atoms with Crippen molar-refractivity contribution in [2.24, 2.45) is 0 Å². The van der Waals surface area contributed by atoms with E-state index in [0.29, 0.717) is 0 Å². The summed E-state index contributed by atoms with van der Waals surface area (Å²) in [6.07, 6.45) is 1.63. The Balaban J connectivity index is 1.61. The summed E-state index contributed by atoms with van der Waals surface area (Å²) in [7, 11) is 0. The molecule has 0 bridgehead atoms. The van der Waals surface area contributed by atoms with Gasteiger partial charge in [-0.3, -0.25) is 0 Å². The first-order valence-electron chi connectivity index (χ1n) is 8.05. The van der Waals surface area contributed by atoms with Crippen LogP contribution in [0.4, 0.5) is 10.5 Å². The second-order valence-corrected chi connectivity index (χ2v) is 6.97. The standard InChI is InChI=1S/C17H24N2O4/c1-17(2,3)23-16(20)18-12-5-4-8-19(10-12)13-6-7-14-15(9-13)22-11-21-14/h6-7,9,12H,4-5,8,10-11H2,1-3H3,(H,18,20). The van der Waals surface area contributed by atoms with Crippen molar-refractivity contribution in [3.05, 3.63) is 18.2 Å². The molecule has 0 radical (unpaired) electrons. The lowest BCUT2D eigenvalue weighted by Crippen LogP contribution is -2.49. The van der Waals surface area contributed by atoms with Gasteiger partial charge in [0.25, 0.3) is 0 Å². The predicted molar refractivity (Wildman–Crippen MR) is 87.2 cm³/mol. The number of carbonyl (C=O) groups excluding carboxylic acids is 1. The fourth-order valence-electron chi connectivity index (χ4n) is 2.89. The van der Waals surface area contributed by atoms with E-state index in [1.807, 2.05) is 39.0 Å². The van der Waals surface area contributed by atoms with E-state index in [1.165, 1.54) is 0 Å². The quantitative estimate of drug-likeness (QED) is 0.908. The van der Waals surface area contributed by atoms with Crippen molar-refractivity contribution >= 4 is 11.8 Å². The minimum atomic E-state index is -0.476. The van der Waals surface area contributed by atoms with Crippen molar-refractivity contribution in [3.63, 3.8) is 0 Å². The number of hydrogen-bond donors (Lipinski definition) is 1. The Morgan fingerprint density at radius 3 is 2.87 bits per heavy atom. The second-order valence-electron chi connectivity index (χ2n) is 6.97. The number of ether oxygens (including phenoxy) is 3. The zero-order valence-corrected chi connectivity index (χ0v) is 13.9. The Kier molecular flexibility index (Phi) is 4.24. The topological polar surface area (TPSA) is 60.0 Å². The molecule has 0 saturated carbocycles. The van der Waals surface area contributed by atoms with Gasteiger partial charge in [-0.25, -0.2) is 4.79 Å². The number of hydrogen-bond acceptors (Lipinski definition) is 5. The number of piperidine rings is 1. The first-order valence-corrected chi connectivity index (χ1v) is 8.05. The Hall–Kier alpha value is -2.11. The van der Waals surface area contributed by atoms with Gasteiger partial charge in [-0.05, 0) is 45.7 Å². The van der Waals surface area contributed by atoms with Gasteiger partial charge in [0.1, 0.15) is 5.60 Å². The molecule has 2 heterocycles. The van der Waals surface area contributed by atoms with Crippen LogP contribution in [0.15, 0.2) is 18.2 Å². The number of anilines is 1.